The molecule has 1 aromatic carbocycles. The molecule has 114 valence electrons. The van der Waals surface area contributed by atoms with Crippen molar-refractivity contribution in [3.05, 3.63) is 34.3 Å². The van der Waals surface area contributed by atoms with E-state index in [9.17, 15) is 4.79 Å². The van der Waals surface area contributed by atoms with Crippen molar-refractivity contribution in [2.75, 3.05) is 0 Å². The van der Waals surface area contributed by atoms with Gasteiger partial charge in [-0.15, -0.1) is 12.4 Å². The van der Waals surface area contributed by atoms with Crippen LogP contribution in [0, 0.1) is 5.92 Å². The van der Waals surface area contributed by atoms with E-state index in [0.717, 1.165) is 17.3 Å². The summed E-state index contributed by atoms with van der Waals surface area (Å²) in [5.74, 6) is 0.373. The summed E-state index contributed by atoms with van der Waals surface area (Å²) in [6, 6.07) is 7.78. The summed E-state index contributed by atoms with van der Waals surface area (Å²) < 4.78 is 1.06. The smallest absolute Gasteiger partial charge is 0.237 e. The second-order valence-corrected chi connectivity index (χ2v) is 6.40. The van der Waals surface area contributed by atoms with Gasteiger partial charge in [-0.25, -0.2) is 0 Å². The Morgan fingerprint density at radius 3 is 2.55 bits per heavy atom. The van der Waals surface area contributed by atoms with Gasteiger partial charge in [0.25, 0.3) is 0 Å². The zero-order valence-corrected chi connectivity index (χ0v) is 14.6. The van der Waals surface area contributed by atoms with E-state index in [0.29, 0.717) is 5.92 Å². The zero-order valence-electron chi connectivity index (χ0n) is 12.2. The van der Waals surface area contributed by atoms with Crippen molar-refractivity contribution in [2.24, 2.45) is 11.7 Å². The summed E-state index contributed by atoms with van der Waals surface area (Å²) >= 11 is 3.45. The third-order valence-electron chi connectivity index (χ3n) is 2.88. The predicted molar refractivity (Wildman–Crippen MR) is 90.1 cm³/mol. The Bertz CT molecular complexity index is 426. The van der Waals surface area contributed by atoms with Crippen LogP contribution in [0.2, 0.25) is 0 Å². The quantitative estimate of drug-likeness (QED) is 0.815. The fraction of sp³-hybridized carbons (Fsp3) is 0.533. The lowest BCUT2D eigenvalue weighted by molar-refractivity contribution is -0.123. The fourth-order valence-corrected chi connectivity index (χ4v) is 2.48. The number of hydrogen-bond acceptors (Lipinski definition) is 2. The van der Waals surface area contributed by atoms with Crippen LogP contribution in [0.3, 0.4) is 0 Å². The van der Waals surface area contributed by atoms with Gasteiger partial charge >= 0.3 is 0 Å². The average molecular weight is 364 g/mol. The topological polar surface area (TPSA) is 55.1 Å². The van der Waals surface area contributed by atoms with Crippen molar-refractivity contribution >= 4 is 34.2 Å². The molecule has 3 nitrogen and oxygen atoms in total. The van der Waals surface area contributed by atoms with E-state index in [1.54, 1.807) is 0 Å². The Balaban J connectivity index is 0.00000361. The lowest BCUT2D eigenvalue weighted by atomic mass is 10.0. The van der Waals surface area contributed by atoms with Gasteiger partial charge in [0.2, 0.25) is 5.91 Å². The van der Waals surface area contributed by atoms with Crippen LogP contribution in [-0.4, -0.2) is 18.0 Å². The van der Waals surface area contributed by atoms with Crippen LogP contribution < -0.4 is 11.1 Å². The molecule has 1 amide bonds. The monoisotopic (exact) mass is 362 g/mol. The van der Waals surface area contributed by atoms with Crippen molar-refractivity contribution in [2.45, 2.75) is 45.7 Å². The highest BCUT2D eigenvalue weighted by atomic mass is 79.9. The molecule has 0 aliphatic heterocycles. The van der Waals surface area contributed by atoms with Gasteiger partial charge in [-0.3, -0.25) is 4.79 Å². The number of nitrogens with one attached hydrogen (secondary N) is 1. The van der Waals surface area contributed by atoms with Crippen molar-refractivity contribution in [1.29, 1.82) is 0 Å². The van der Waals surface area contributed by atoms with E-state index in [4.69, 9.17) is 5.73 Å². The minimum absolute atomic E-state index is 0. The Morgan fingerprint density at radius 1 is 1.35 bits per heavy atom. The summed E-state index contributed by atoms with van der Waals surface area (Å²) in [5.41, 5.74) is 7.06. The molecule has 20 heavy (non-hydrogen) atoms. The summed E-state index contributed by atoms with van der Waals surface area (Å²) in [7, 11) is 0. The SMILES string of the molecule is CC(C)C[C@H](N)C(=O)NC(C)Cc1cccc(Br)c1.Cl. The number of carbonyl (C=O) groups excluding carboxylic acids is 1. The first-order valence-electron chi connectivity index (χ1n) is 6.69. The molecule has 3 N–H and O–H groups in total. The van der Waals surface area contributed by atoms with Crippen molar-refractivity contribution in [3.63, 3.8) is 0 Å². The van der Waals surface area contributed by atoms with Gasteiger partial charge in [0.15, 0.2) is 0 Å². The molecule has 0 spiro atoms. The highest BCUT2D eigenvalue weighted by Crippen LogP contribution is 2.13. The number of halogens is 2. The molecule has 0 heterocycles. The van der Waals surface area contributed by atoms with E-state index in [2.05, 4.69) is 47.2 Å². The van der Waals surface area contributed by atoms with Crippen LogP contribution in [0.4, 0.5) is 0 Å². The first-order valence-corrected chi connectivity index (χ1v) is 7.48. The Labute approximate surface area is 136 Å². The first kappa shape index (κ1) is 19.4. The number of hydrogen-bond donors (Lipinski definition) is 2. The largest absolute Gasteiger partial charge is 0.352 e. The van der Waals surface area contributed by atoms with Crippen LogP contribution in [0.25, 0.3) is 0 Å². The molecule has 1 rings (SSSR count). The van der Waals surface area contributed by atoms with Gasteiger partial charge in [0.05, 0.1) is 6.04 Å². The van der Waals surface area contributed by atoms with Crippen molar-refractivity contribution in [3.8, 4) is 0 Å². The summed E-state index contributed by atoms with van der Waals surface area (Å²) in [5, 5.41) is 2.97. The molecule has 0 saturated carbocycles. The molecule has 0 aliphatic carbocycles. The lowest BCUT2D eigenvalue weighted by Crippen LogP contribution is -2.45. The van der Waals surface area contributed by atoms with E-state index in [-0.39, 0.29) is 24.4 Å². The van der Waals surface area contributed by atoms with Crippen LogP contribution >= 0.6 is 28.3 Å². The highest BCUT2D eigenvalue weighted by Gasteiger charge is 2.16. The van der Waals surface area contributed by atoms with Gasteiger partial charge in [-0.1, -0.05) is 41.9 Å². The maximum absolute atomic E-state index is 11.9. The lowest BCUT2D eigenvalue weighted by Gasteiger charge is -2.18. The minimum Gasteiger partial charge on any atom is -0.352 e. The third kappa shape index (κ3) is 7.27. The van der Waals surface area contributed by atoms with Crippen LogP contribution in [-0.2, 0) is 11.2 Å². The van der Waals surface area contributed by atoms with Gasteiger partial charge < -0.3 is 11.1 Å². The molecule has 1 aromatic rings. The van der Waals surface area contributed by atoms with E-state index < -0.39 is 6.04 Å². The first-order chi connectivity index (χ1) is 8.88. The Hall–Kier alpha value is -0.580. The molecular formula is C15H24BrClN2O. The maximum Gasteiger partial charge on any atom is 0.237 e. The number of benzene rings is 1. The Morgan fingerprint density at radius 2 is 2.00 bits per heavy atom. The average Bonchev–Trinajstić information content (AvgIpc) is 2.27. The highest BCUT2D eigenvalue weighted by molar-refractivity contribution is 9.10. The van der Waals surface area contributed by atoms with Crippen molar-refractivity contribution in [1.82, 2.24) is 5.32 Å². The Kier molecular flexibility index (Phi) is 9.10. The summed E-state index contributed by atoms with van der Waals surface area (Å²) in [4.78, 5) is 11.9. The maximum atomic E-state index is 11.9. The predicted octanol–water partition coefficient (Wildman–Crippen LogP) is 3.29. The van der Waals surface area contributed by atoms with E-state index in [1.807, 2.05) is 19.1 Å². The summed E-state index contributed by atoms with van der Waals surface area (Å²) in [6.45, 7) is 6.14. The van der Waals surface area contributed by atoms with Gasteiger partial charge in [-0.2, -0.15) is 0 Å². The number of amides is 1. The van der Waals surface area contributed by atoms with Crippen LogP contribution in [0.15, 0.2) is 28.7 Å². The number of rotatable bonds is 6. The number of nitrogens with two attached hydrogens (primary N) is 1. The molecule has 1 unspecified atom stereocenters. The molecule has 5 heteroatoms. The molecule has 0 bridgehead atoms. The second-order valence-electron chi connectivity index (χ2n) is 5.48. The molecule has 2 atom stereocenters. The van der Waals surface area contributed by atoms with E-state index >= 15 is 0 Å². The standard InChI is InChI=1S/C15H23BrN2O.ClH/c1-10(2)7-14(17)15(19)18-11(3)8-12-5-4-6-13(16)9-12;/h4-6,9-11,14H,7-8,17H2,1-3H3,(H,18,19);1H/t11?,14-;/m0./s1. The van der Waals surface area contributed by atoms with Gasteiger partial charge in [-0.05, 0) is 43.4 Å². The van der Waals surface area contributed by atoms with E-state index in [1.165, 1.54) is 5.56 Å². The molecule has 0 aliphatic rings. The fourth-order valence-electron chi connectivity index (χ4n) is 2.03. The zero-order chi connectivity index (χ0) is 14.4. The van der Waals surface area contributed by atoms with Crippen LogP contribution in [0.1, 0.15) is 32.8 Å². The van der Waals surface area contributed by atoms with Crippen molar-refractivity contribution < 1.29 is 4.79 Å². The molecule has 0 radical (unpaired) electrons. The molecule has 0 aromatic heterocycles. The second kappa shape index (κ2) is 9.37. The summed E-state index contributed by atoms with van der Waals surface area (Å²) in [6.07, 6.45) is 1.52. The van der Waals surface area contributed by atoms with Crippen LogP contribution in [0.5, 0.6) is 0 Å². The third-order valence-corrected chi connectivity index (χ3v) is 3.37. The number of carbonyl (C=O) groups is 1. The normalized spacial score (nSPS) is 13.5. The minimum atomic E-state index is -0.412. The molecular weight excluding hydrogens is 340 g/mol. The molecule has 0 fully saturated rings. The molecule has 0 saturated heterocycles. The van der Waals surface area contributed by atoms with Gasteiger partial charge in [0, 0.05) is 10.5 Å². The van der Waals surface area contributed by atoms with Gasteiger partial charge in [0.1, 0.15) is 0 Å².